The van der Waals surface area contributed by atoms with Gasteiger partial charge < -0.3 is 5.32 Å². The molecule has 20 heavy (non-hydrogen) atoms. The van der Waals surface area contributed by atoms with Crippen LogP contribution in [0.15, 0.2) is 59.8 Å². The molecule has 1 heterocycles. The summed E-state index contributed by atoms with van der Waals surface area (Å²) in [7, 11) is 0. The minimum atomic E-state index is 0.925. The number of hydrogen-bond acceptors (Lipinski definition) is 1. The van der Waals surface area contributed by atoms with Gasteiger partial charge in [0, 0.05) is 0 Å². The summed E-state index contributed by atoms with van der Waals surface area (Å²) in [5.74, 6) is 0.925. The average molecular weight is 269 g/mol. The maximum absolute atomic E-state index is 3.90. The summed E-state index contributed by atoms with van der Waals surface area (Å²) in [4.78, 5) is 0. The molecular formula is C19H27N. The average Bonchev–Trinajstić information content (AvgIpc) is 2.52. The second-order valence-corrected chi connectivity index (χ2v) is 5.73. The van der Waals surface area contributed by atoms with Crippen molar-refractivity contribution >= 4 is 0 Å². The quantitative estimate of drug-likeness (QED) is 0.762. The van der Waals surface area contributed by atoms with Gasteiger partial charge in [0.25, 0.3) is 0 Å². The highest BCUT2D eigenvalue weighted by atomic mass is 14.9. The maximum Gasteiger partial charge on any atom is -0.00463 e. The Bertz CT molecular complexity index is 442. The van der Waals surface area contributed by atoms with Gasteiger partial charge >= 0.3 is 0 Å². The van der Waals surface area contributed by atoms with E-state index in [2.05, 4.69) is 49.2 Å². The zero-order valence-corrected chi connectivity index (χ0v) is 12.7. The molecule has 1 saturated heterocycles. The third kappa shape index (κ3) is 4.35. The highest BCUT2D eigenvalue weighted by molar-refractivity contribution is 5.45. The van der Waals surface area contributed by atoms with Crippen molar-refractivity contribution in [3.63, 3.8) is 0 Å². The highest BCUT2D eigenvalue weighted by Crippen LogP contribution is 2.26. The Hall–Kier alpha value is -1.34. The van der Waals surface area contributed by atoms with E-state index in [1.54, 1.807) is 0 Å². The molecule has 1 nitrogen and oxygen atoms in total. The van der Waals surface area contributed by atoms with Crippen molar-refractivity contribution in [1.82, 2.24) is 5.32 Å². The van der Waals surface area contributed by atoms with E-state index in [0.717, 1.165) is 12.3 Å². The first-order valence-corrected chi connectivity index (χ1v) is 7.89. The van der Waals surface area contributed by atoms with Crippen molar-refractivity contribution < 1.29 is 0 Å². The molecule has 0 amide bonds. The summed E-state index contributed by atoms with van der Waals surface area (Å²) in [6, 6.07) is 0. The minimum Gasteiger partial charge on any atom is -0.317 e. The van der Waals surface area contributed by atoms with Gasteiger partial charge in [-0.1, -0.05) is 48.6 Å². The van der Waals surface area contributed by atoms with Gasteiger partial charge in [0.15, 0.2) is 0 Å². The Balaban J connectivity index is 1.86. The van der Waals surface area contributed by atoms with Crippen molar-refractivity contribution in [2.45, 2.75) is 39.0 Å². The smallest absolute Gasteiger partial charge is 0.00463 e. The molecule has 2 aliphatic rings. The predicted molar refractivity (Wildman–Crippen MR) is 88.7 cm³/mol. The SMILES string of the molecule is C=CC(/C=C\C)=C1\C=CC(CCC2CCNCC2)=CC1. The minimum absolute atomic E-state index is 0.925. The van der Waals surface area contributed by atoms with Crippen LogP contribution in [0, 0.1) is 5.92 Å². The van der Waals surface area contributed by atoms with E-state index in [9.17, 15) is 0 Å². The second-order valence-electron chi connectivity index (χ2n) is 5.73. The third-order valence-corrected chi connectivity index (χ3v) is 4.32. The van der Waals surface area contributed by atoms with E-state index < -0.39 is 0 Å². The molecule has 0 aromatic rings. The standard InChI is InChI=1S/C19H27N/c1-3-5-18(4-2)19-10-8-16(9-11-19)6-7-17-12-14-20-15-13-17/h3-5,8-10,17,20H,2,6-7,11-15H2,1H3/b5-3-,19-18-. The van der Waals surface area contributed by atoms with Crippen molar-refractivity contribution in [3.05, 3.63) is 59.8 Å². The van der Waals surface area contributed by atoms with Crippen LogP contribution in [0.5, 0.6) is 0 Å². The van der Waals surface area contributed by atoms with E-state index in [-0.39, 0.29) is 0 Å². The van der Waals surface area contributed by atoms with Crippen LogP contribution < -0.4 is 5.32 Å². The third-order valence-electron chi connectivity index (χ3n) is 4.32. The molecule has 1 heteroatoms. The molecular weight excluding hydrogens is 242 g/mol. The Morgan fingerprint density at radius 1 is 1.35 bits per heavy atom. The Morgan fingerprint density at radius 2 is 2.15 bits per heavy atom. The van der Waals surface area contributed by atoms with Crippen LogP contribution in [0.3, 0.4) is 0 Å². The summed E-state index contributed by atoms with van der Waals surface area (Å²) >= 11 is 0. The molecule has 1 N–H and O–H groups in total. The molecule has 0 atom stereocenters. The lowest BCUT2D eigenvalue weighted by Crippen LogP contribution is -2.27. The van der Waals surface area contributed by atoms with E-state index >= 15 is 0 Å². The van der Waals surface area contributed by atoms with Gasteiger partial charge in [0.1, 0.15) is 0 Å². The molecule has 0 aromatic carbocycles. The first-order chi connectivity index (χ1) is 9.83. The fourth-order valence-corrected chi connectivity index (χ4v) is 3.01. The molecule has 1 fully saturated rings. The van der Waals surface area contributed by atoms with E-state index in [4.69, 9.17) is 0 Å². The lowest BCUT2D eigenvalue weighted by atomic mass is 9.89. The van der Waals surface area contributed by atoms with E-state index in [1.807, 2.05) is 6.08 Å². The number of piperidine rings is 1. The summed E-state index contributed by atoms with van der Waals surface area (Å²) < 4.78 is 0. The lowest BCUT2D eigenvalue weighted by molar-refractivity contribution is 0.354. The number of hydrogen-bond donors (Lipinski definition) is 1. The first kappa shape index (κ1) is 15.1. The van der Waals surface area contributed by atoms with Crippen molar-refractivity contribution in [2.75, 3.05) is 13.1 Å². The maximum atomic E-state index is 3.90. The fourth-order valence-electron chi connectivity index (χ4n) is 3.01. The van der Waals surface area contributed by atoms with Gasteiger partial charge in [-0.15, -0.1) is 0 Å². The summed E-state index contributed by atoms with van der Waals surface area (Å²) in [6.45, 7) is 8.37. The molecule has 0 unspecified atom stereocenters. The normalized spacial score (nSPS) is 22.9. The molecule has 0 saturated carbocycles. The van der Waals surface area contributed by atoms with E-state index in [0.29, 0.717) is 0 Å². The molecule has 0 radical (unpaired) electrons. The zero-order valence-electron chi connectivity index (χ0n) is 12.7. The van der Waals surface area contributed by atoms with Gasteiger partial charge in [0.05, 0.1) is 0 Å². The topological polar surface area (TPSA) is 12.0 Å². The van der Waals surface area contributed by atoms with Gasteiger partial charge in [0.2, 0.25) is 0 Å². The number of allylic oxidation sites excluding steroid dienone is 9. The molecule has 2 rings (SSSR count). The fraction of sp³-hybridized carbons (Fsp3) is 0.474. The van der Waals surface area contributed by atoms with Crippen LogP contribution in [0.1, 0.15) is 39.0 Å². The summed E-state index contributed by atoms with van der Waals surface area (Å²) in [6.07, 6.45) is 19.5. The van der Waals surface area contributed by atoms with Crippen LogP contribution in [-0.2, 0) is 0 Å². The largest absolute Gasteiger partial charge is 0.317 e. The first-order valence-electron chi connectivity index (χ1n) is 7.89. The summed E-state index contributed by atoms with van der Waals surface area (Å²) in [5.41, 5.74) is 4.14. The van der Waals surface area contributed by atoms with Crippen LogP contribution in [0.25, 0.3) is 0 Å². The number of rotatable bonds is 5. The predicted octanol–water partition coefficient (Wildman–Crippen LogP) is 4.71. The molecule has 0 spiro atoms. The molecule has 1 aliphatic heterocycles. The Morgan fingerprint density at radius 3 is 2.75 bits per heavy atom. The monoisotopic (exact) mass is 269 g/mol. The van der Waals surface area contributed by atoms with Crippen LogP contribution in [-0.4, -0.2) is 13.1 Å². The zero-order chi connectivity index (χ0) is 14.2. The van der Waals surface area contributed by atoms with Crippen molar-refractivity contribution in [3.8, 4) is 0 Å². The van der Waals surface area contributed by atoms with E-state index in [1.165, 1.54) is 55.5 Å². The highest BCUT2D eigenvalue weighted by Gasteiger charge is 2.13. The van der Waals surface area contributed by atoms with Gasteiger partial charge in [-0.2, -0.15) is 0 Å². The molecule has 0 aromatic heterocycles. The second kappa shape index (κ2) is 8.06. The molecule has 1 aliphatic carbocycles. The van der Waals surface area contributed by atoms with Gasteiger partial charge in [-0.05, 0) is 69.2 Å². The van der Waals surface area contributed by atoms with Crippen LogP contribution in [0.2, 0.25) is 0 Å². The van der Waals surface area contributed by atoms with Crippen molar-refractivity contribution in [2.24, 2.45) is 5.92 Å². The lowest BCUT2D eigenvalue weighted by Gasteiger charge is -2.23. The van der Waals surface area contributed by atoms with Crippen LogP contribution >= 0.6 is 0 Å². The Labute approximate surface area is 123 Å². The van der Waals surface area contributed by atoms with Gasteiger partial charge in [-0.25, -0.2) is 0 Å². The Kier molecular flexibility index (Phi) is 6.07. The molecule has 0 bridgehead atoms. The summed E-state index contributed by atoms with van der Waals surface area (Å²) in [5, 5.41) is 3.44. The number of nitrogens with one attached hydrogen (secondary N) is 1. The van der Waals surface area contributed by atoms with Crippen LogP contribution in [0.4, 0.5) is 0 Å². The van der Waals surface area contributed by atoms with Crippen molar-refractivity contribution in [1.29, 1.82) is 0 Å². The molecule has 108 valence electrons. The van der Waals surface area contributed by atoms with Gasteiger partial charge in [-0.3, -0.25) is 0 Å².